The van der Waals surface area contributed by atoms with Gasteiger partial charge in [-0.1, -0.05) is 30.0 Å². The van der Waals surface area contributed by atoms with Gasteiger partial charge in [0.25, 0.3) is 0 Å². The highest BCUT2D eigenvalue weighted by Gasteiger charge is 2.12. The quantitative estimate of drug-likeness (QED) is 0.732. The highest BCUT2D eigenvalue weighted by molar-refractivity contribution is 8.02. The van der Waals surface area contributed by atoms with Crippen molar-refractivity contribution >= 4 is 30.0 Å². The number of nitrogens with zero attached hydrogens (tertiary/aromatic N) is 1. The van der Waals surface area contributed by atoms with Crippen LogP contribution in [-0.2, 0) is 0 Å². The minimum absolute atomic E-state index is 0.947. The van der Waals surface area contributed by atoms with Gasteiger partial charge < -0.3 is 4.42 Å². The lowest BCUT2D eigenvalue weighted by molar-refractivity contribution is 0.498. The number of furan rings is 1. The molecule has 0 unspecified atom stereocenters. The van der Waals surface area contributed by atoms with Crippen LogP contribution in [0, 0.1) is 17.6 Å². The molecule has 0 atom stereocenters. The summed E-state index contributed by atoms with van der Waals surface area (Å²) in [6, 6.07) is 2.09. The van der Waals surface area contributed by atoms with Crippen molar-refractivity contribution < 1.29 is 4.42 Å². The second kappa shape index (κ2) is 4.00. The van der Waals surface area contributed by atoms with E-state index in [9.17, 15) is 0 Å². The number of aromatic nitrogens is 1. The third-order valence-corrected chi connectivity index (χ3v) is 4.24. The molecule has 0 aromatic carbocycles. The maximum absolute atomic E-state index is 6.06. The number of thioether (sulfide) groups is 1. The number of allylic oxidation sites excluding steroid dienone is 2. The molecule has 0 radical (unpaired) electrons. The third-order valence-electron chi connectivity index (χ3n) is 3.29. The van der Waals surface area contributed by atoms with Gasteiger partial charge in [0.15, 0.2) is 0 Å². The molecule has 1 aliphatic heterocycles. The number of hydrogen-bond donors (Lipinski definition) is 0. The maximum Gasteiger partial charge on any atom is 0.143 e. The Morgan fingerprint density at radius 1 is 1.21 bits per heavy atom. The molecule has 2 aliphatic rings. The lowest BCUT2D eigenvalue weighted by Crippen LogP contribution is -2.05. The van der Waals surface area contributed by atoms with Gasteiger partial charge >= 0.3 is 0 Å². The number of hydrogen-bond acceptors (Lipinski definition) is 3. The van der Waals surface area contributed by atoms with Gasteiger partial charge in [0.05, 0.1) is 4.90 Å². The lowest BCUT2D eigenvalue weighted by atomic mass is 10.2. The van der Waals surface area contributed by atoms with E-state index in [0.29, 0.717) is 0 Å². The molecular formula is C16H11NOS. The summed E-state index contributed by atoms with van der Waals surface area (Å²) in [5.74, 6) is 0. The van der Waals surface area contributed by atoms with Crippen LogP contribution in [0.4, 0.5) is 0 Å². The van der Waals surface area contributed by atoms with E-state index in [1.165, 1.54) is 10.5 Å². The first-order valence-corrected chi connectivity index (χ1v) is 7.02. The summed E-state index contributed by atoms with van der Waals surface area (Å²) in [6.07, 6.45) is 12.2. The van der Waals surface area contributed by atoms with E-state index in [1.54, 1.807) is 11.8 Å². The Balaban J connectivity index is 2.31. The highest BCUT2D eigenvalue weighted by Crippen LogP contribution is 2.26. The van der Waals surface area contributed by atoms with Crippen molar-refractivity contribution in [3.8, 4) is 0 Å². The minimum Gasteiger partial charge on any atom is -0.455 e. The summed E-state index contributed by atoms with van der Waals surface area (Å²) in [4.78, 5) is 5.56. The summed E-state index contributed by atoms with van der Waals surface area (Å²) in [5, 5.41) is 4.31. The van der Waals surface area contributed by atoms with Gasteiger partial charge in [0, 0.05) is 27.9 Å². The van der Waals surface area contributed by atoms with Crippen molar-refractivity contribution in [3.63, 3.8) is 0 Å². The van der Waals surface area contributed by atoms with Crippen molar-refractivity contribution in [2.75, 3.05) is 0 Å². The van der Waals surface area contributed by atoms with E-state index in [2.05, 4.69) is 34.7 Å². The molecule has 3 heterocycles. The largest absolute Gasteiger partial charge is 0.455 e. The van der Waals surface area contributed by atoms with E-state index in [4.69, 9.17) is 4.42 Å². The van der Waals surface area contributed by atoms with Gasteiger partial charge in [0.2, 0.25) is 0 Å². The fourth-order valence-electron chi connectivity index (χ4n) is 2.41. The van der Waals surface area contributed by atoms with Crippen LogP contribution in [-0.4, -0.2) is 4.98 Å². The fourth-order valence-corrected chi connectivity index (χ4v) is 3.22. The zero-order valence-corrected chi connectivity index (χ0v) is 11.2. The molecule has 4 rings (SSSR count). The van der Waals surface area contributed by atoms with Gasteiger partial charge in [-0.05, 0) is 30.6 Å². The van der Waals surface area contributed by atoms with E-state index < -0.39 is 0 Å². The zero-order valence-electron chi connectivity index (χ0n) is 10.4. The van der Waals surface area contributed by atoms with Crippen LogP contribution in [0.15, 0.2) is 39.1 Å². The van der Waals surface area contributed by atoms with Gasteiger partial charge in [0.1, 0.15) is 10.8 Å². The molecule has 0 bridgehead atoms. The molecular weight excluding hydrogens is 254 g/mol. The van der Waals surface area contributed by atoms with E-state index in [1.807, 2.05) is 25.3 Å². The number of aryl methyl sites for hydroxylation is 1. The molecule has 0 saturated heterocycles. The molecule has 2 nitrogen and oxygen atoms in total. The van der Waals surface area contributed by atoms with Crippen LogP contribution in [0.2, 0.25) is 0 Å². The molecule has 0 fully saturated rings. The molecule has 1 aliphatic carbocycles. The van der Waals surface area contributed by atoms with E-state index in [0.717, 1.165) is 27.0 Å². The topological polar surface area (TPSA) is 26.0 Å². The number of rotatable bonds is 0. The van der Waals surface area contributed by atoms with Crippen LogP contribution >= 0.6 is 11.8 Å². The third kappa shape index (κ3) is 1.62. The van der Waals surface area contributed by atoms with Crippen molar-refractivity contribution in [2.24, 2.45) is 0 Å². The van der Waals surface area contributed by atoms with Crippen LogP contribution in [0.1, 0.15) is 11.3 Å². The van der Waals surface area contributed by atoms with E-state index in [-0.39, 0.29) is 0 Å². The summed E-state index contributed by atoms with van der Waals surface area (Å²) in [7, 11) is 0. The summed E-state index contributed by atoms with van der Waals surface area (Å²) in [6.45, 7) is 2.00. The molecule has 92 valence electrons. The smallest absolute Gasteiger partial charge is 0.143 e. The second-order valence-corrected chi connectivity index (χ2v) is 5.51. The average molecular weight is 265 g/mol. The minimum atomic E-state index is 0.947. The Bertz CT molecular complexity index is 948. The molecule has 19 heavy (non-hydrogen) atoms. The Kier molecular flexibility index (Phi) is 2.29. The number of pyridine rings is 1. The van der Waals surface area contributed by atoms with Crippen LogP contribution < -0.4 is 10.6 Å². The first-order valence-electron chi connectivity index (χ1n) is 6.15. The van der Waals surface area contributed by atoms with Gasteiger partial charge in [-0.2, -0.15) is 0 Å². The standard InChI is InChI=1S/C16H11NOS/c1-10-8-13-11(9-17-10)4-2-5-12-15(13)18-14-6-3-7-19-16(12)14/h2-9H,1H3. The predicted molar refractivity (Wildman–Crippen MR) is 77.6 cm³/mol. The van der Waals surface area contributed by atoms with E-state index >= 15 is 0 Å². The molecule has 0 spiro atoms. The molecule has 0 saturated carbocycles. The van der Waals surface area contributed by atoms with Gasteiger partial charge in [-0.15, -0.1) is 0 Å². The first kappa shape index (κ1) is 10.9. The van der Waals surface area contributed by atoms with Crippen molar-refractivity contribution in [3.05, 3.63) is 62.3 Å². The molecule has 3 heteroatoms. The molecule has 0 N–H and O–H groups in total. The molecule has 2 aromatic rings. The van der Waals surface area contributed by atoms with Crippen molar-refractivity contribution in [1.29, 1.82) is 0 Å². The molecule has 2 aromatic heterocycles. The monoisotopic (exact) mass is 265 g/mol. The van der Waals surface area contributed by atoms with Gasteiger partial charge in [-0.3, -0.25) is 4.98 Å². The summed E-state index contributed by atoms with van der Waals surface area (Å²) in [5.41, 5.74) is 4.07. The van der Waals surface area contributed by atoms with Crippen LogP contribution in [0.5, 0.6) is 0 Å². The Labute approximate surface area is 114 Å². The average Bonchev–Trinajstić information content (AvgIpc) is 2.70. The Morgan fingerprint density at radius 2 is 2.16 bits per heavy atom. The van der Waals surface area contributed by atoms with Crippen LogP contribution in [0.3, 0.4) is 0 Å². The predicted octanol–water partition coefficient (Wildman–Crippen LogP) is 2.48. The van der Waals surface area contributed by atoms with Gasteiger partial charge in [-0.25, -0.2) is 0 Å². The maximum atomic E-state index is 6.06. The Hall–Kier alpha value is -2.00. The second-order valence-electron chi connectivity index (χ2n) is 4.59. The number of fused-ring (bicyclic) bond motifs is 4. The zero-order chi connectivity index (χ0) is 12.8. The molecule has 0 amide bonds. The first-order chi connectivity index (χ1) is 9.33. The normalized spacial score (nSPS) is 14.8. The highest BCUT2D eigenvalue weighted by atomic mass is 32.2. The summed E-state index contributed by atoms with van der Waals surface area (Å²) < 4.78 is 6.06. The summed E-state index contributed by atoms with van der Waals surface area (Å²) >= 11 is 1.71. The SMILES string of the molecule is Cc1cc2c(cn1)=CC=Cc1c3c(oc1=2)=CC=CS3. The van der Waals surface area contributed by atoms with Crippen LogP contribution in [0.25, 0.3) is 18.2 Å². The fraction of sp³-hybridized carbons (Fsp3) is 0.0625. The Morgan fingerprint density at radius 3 is 3.11 bits per heavy atom. The lowest BCUT2D eigenvalue weighted by Gasteiger charge is -1.95. The van der Waals surface area contributed by atoms with Crippen molar-refractivity contribution in [2.45, 2.75) is 11.8 Å². The van der Waals surface area contributed by atoms with Crippen molar-refractivity contribution in [1.82, 2.24) is 4.98 Å².